The Labute approximate surface area is 66.7 Å². The van der Waals surface area contributed by atoms with Crippen LogP contribution in [0.2, 0.25) is 0 Å². The van der Waals surface area contributed by atoms with Gasteiger partial charge in [0.2, 0.25) is 0 Å². The smallest absolute Gasteiger partial charge is 0.150 e. The highest BCUT2D eigenvalue weighted by Gasteiger charge is 2.26. The van der Waals surface area contributed by atoms with Gasteiger partial charge in [0.05, 0.1) is 5.25 Å². The number of hydrogen-bond acceptors (Lipinski definition) is 3. The van der Waals surface area contributed by atoms with Crippen molar-refractivity contribution in [1.82, 2.24) is 0 Å². The Morgan fingerprint density at radius 2 is 2.09 bits per heavy atom. The molecule has 0 saturated heterocycles. The Kier molecular flexibility index (Phi) is 2.32. The molecule has 4 heteroatoms. The van der Waals surface area contributed by atoms with Crippen molar-refractivity contribution >= 4 is 15.6 Å². The van der Waals surface area contributed by atoms with E-state index in [1.807, 2.05) is 0 Å². The van der Waals surface area contributed by atoms with Crippen LogP contribution in [0.1, 0.15) is 25.7 Å². The monoisotopic (exact) mass is 176 g/mol. The number of carbonyl (C=O) groups is 1. The zero-order chi connectivity index (χ0) is 8.48. The molecule has 1 unspecified atom stereocenters. The van der Waals surface area contributed by atoms with Gasteiger partial charge in [0.25, 0.3) is 0 Å². The molecule has 1 atom stereocenters. The van der Waals surface area contributed by atoms with E-state index in [1.165, 1.54) is 6.26 Å². The largest absolute Gasteiger partial charge is 0.300 e. The third-order valence-corrected chi connectivity index (χ3v) is 3.66. The lowest BCUT2D eigenvalue weighted by molar-refractivity contribution is -0.120. The van der Waals surface area contributed by atoms with Gasteiger partial charge in [-0.05, 0) is 12.8 Å². The van der Waals surface area contributed by atoms with Crippen molar-refractivity contribution in [2.75, 3.05) is 6.26 Å². The molecule has 0 amide bonds. The van der Waals surface area contributed by atoms with Crippen LogP contribution in [-0.2, 0) is 14.6 Å². The normalized spacial score (nSPS) is 27.0. The molecule has 1 aliphatic rings. The van der Waals surface area contributed by atoms with E-state index in [2.05, 4.69) is 0 Å². The van der Waals surface area contributed by atoms with E-state index in [4.69, 9.17) is 0 Å². The predicted molar refractivity (Wildman–Crippen MR) is 42.1 cm³/mol. The lowest BCUT2D eigenvalue weighted by Crippen LogP contribution is -2.27. The fraction of sp³-hybridized carbons (Fsp3) is 0.857. The third kappa shape index (κ3) is 2.29. The molecule has 64 valence electrons. The van der Waals surface area contributed by atoms with Crippen LogP contribution < -0.4 is 0 Å². The number of carbonyl (C=O) groups excluding carboxylic acids is 1. The Morgan fingerprint density at radius 1 is 1.45 bits per heavy atom. The lowest BCUT2D eigenvalue weighted by atomic mass is 9.99. The fourth-order valence-electron chi connectivity index (χ4n) is 1.35. The minimum Gasteiger partial charge on any atom is -0.300 e. The topological polar surface area (TPSA) is 51.2 Å². The second-order valence-electron chi connectivity index (χ2n) is 3.09. The third-order valence-electron chi connectivity index (χ3n) is 2.04. The van der Waals surface area contributed by atoms with Gasteiger partial charge in [-0.3, -0.25) is 4.79 Å². The first-order chi connectivity index (χ1) is 5.00. The van der Waals surface area contributed by atoms with E-state index < -0.39 is 15.1 Å². The fourth-order valence-corrected chi connectivity index (χ4v) is 2.43. The maximum Gasteiger partial charge on any atom is 0.150 e. The molecule has 0 bridgehead atoms. The first kappa shape index (κ1) is 8.71. The van der Waals surface area contributed by atoms with Crippen molar-refractivity contribution in [3.63, 3.8) is 0 Å². The molecule has 0 aliphatic heterocycles. The van der Waals surface area contributed by atoms with E-state index in [1.54, 1.807) is 0 Å². The summed E-state index contributed by atoms with van der Waals surface area (Å²) in [5, 5.41) is -0.399. The second kappa shape index (κ2) is 2.93. The van der Waals surface area contributed by atoms with E-state index >= 15 is 0 Å². The van der Waals surface area contributed by atoms with Crippen LogP contribution in [0.3, 0.4) is 0 Å². The first-order valence-corrected chi connectivity index (χ1v) is 5.66. The molecular weight excluding hydrogens is 164 g/mol. The number of hydrogen-bond donors (Lipinski definition) is 0. The molecule has 1 rings (SSSR count). The van der Waals surface area contributed by atoms with Gasteiger partial charge in [0, 0.05) is 19.1 Å². The molecule has 11 heavy (non-hydrogen) atoms. The number of Topliss-reactive ketones (excluding diaryl/α,β-unsaturated/α-hetero) is 1. The summed E-state index contributed by atoms with van der Waals surface area (Å²) in [6.45, 7) is 0. The van der Waals surface area contributed by atoms with Crippen LogP contribution in [0.4, 0.5) is 0 Å². The Hall–Kier alpha value is -0.380. The van der Waals surface area contributed by atoms with Gasteiger partial charge in [0.1, 0.15) is 5.78 Å². The van der Waals surface area contributed by atoms with Gasteiger partial charge >= 0.3 is 0 Å². The van der Waals surface area contributed by atoms with Crippen molar-refractivity contribution < 1.29 is 13.2 Å². The molecule has 0 spiro atoms. The summed E-state index contributed by atoms with van der Waals surface area (Å²) in [5.74, 6) is 0.0895. The SMILES string of the molecule is CS(=O)(=O)C1CCCC(=O)C1. The van der Waals surface area contributed by atoms with Crippen molar-refractivity contribution in [3.8, 4) is 0 Å². The van der Waals surface area contributed by atoms with Crippen LogP contribution in [0.25, 0.3) is 0 Å². The van der Waals surface area contributed by atoms with Gasteiger partial charge < -0.3 is 0 Å². The average molecular weight is 176 g/mol. The Balaban J connectivity index is 2.68. The number of sulfone groups is 1. The van der Waals surface area contributed by atoms with Gasteiger partial charge in [0.15, 0.2) is 9.84 Å². The van der Waals surface area contributed by atoms with Crippen molar-refractivity contribution in [3.05, 3.63) is 0 Å². The Bertz CT molecular complexity index is 253. The average Bonchev–Trinajstić information content (AvgIpc) is 1.86. The highest BCUT2D eigenvalue weighted by molar-refractivity contribution is 7.91. The molecule has 0 radical (unpaired) electrons. The summed E-state index contributed by atoms with van der Waals surface area (Å²) in [4.78, 5) is 10.9. The molecular formula is C7H12O3S. The maximum atomic E-state index is 11.0. The molecule has 3 nitrogen and oxygen atoms in total. The highest BCUT2D eigenvalue weighted by Crippen LogP contribution is 2.20. The van der Waals surface area contributed by atoms with Gasteiger partial charge in [-0.25, -0.2) is 8.42 Å². The van der Waals surface area contributed by atoms with Gasteiger partial charge in [-0.1, -0.05) is 0 Å². The molecule has 0 aromatic carbocycles. The maximum absolute atomic E-state index is 11.0. The molecule has 1 aliphatic carbocycles. The first-order valence-electron chi connectivity index (χ1n) is 3.71. The summed E-state index contributed by atoms with van der Waals surface area (Å²) in [7, 11) is -2.98. The zero-order valence-corrected chi connectivity index (χ0v) is 7.36. The van der Waals surface area contributed by atoms with E-state index in [-0.39, 0.29) is 12.2 Å². The number of ketones is 1. The summed E-state index contributed by atoms with van der Waals surface area (Å²) < 4.78 is 22.0. The van der Waals surface area contributed by atoms with Crippen LogP contribution in [0.15, 0.2) is 0 Å². The second-order valence-corrected chi connectivity index (χ2v) is 5.41. The molecule has 0 heterocycles. The Morgan fingerprint density at radius 3 is 2.45 bits per heavy atom. The zero-order valence-electron chi connectivity index (χ0n) is 6.54. The number of rotatable bonds is 1. The predicted octanol–water partition coefficient (Wildman–Crippen LogP) is 0.543. The van der Waals surface area contributed by atoms with E-state index in [0.717, 1.165) is 6.42 Å². The summed E-state index contributed by atoms with van der Waals surface area (Å²) in [6.07, 6.45) is 3.39. The molecule has 0 aromatic rings. The van der Waals surface area contributed by atoms with Crippen LogP contribution in [0, 0.1) is 0 Å². The van der Waals surface area contributed by atoms with Crippen molar-refractivity contribution in [1.29, 1.82) is 0 Å². The summed E-state index contributed by atoms with van der Waals surface area (Å²) >= 11 is 0. The van der Waals surface area contributed by atoms with Crippen LogP contribution >= 0.6 is 0 Å². The minimum atomic E-state index is -2.98. The molecule has 1 saturated carbocycles. The van der Waals surface area contributed by atoms with Crippen molar-refractivity contribution in [2.24, 2.45) is 0 Å². The quantitative estimate of drug-likeness (QED) is 0.586. The molecule has 1 fully saturated rings. The minimum absolute atomic E-state index is 0.0895. The van der Waals surface area contributed by atoms with Crippen LogP contribution in [0.5, 0.6) is 0 Å². The lowest BCUT2D eigenvalue weighted by Gasteiger charge is -2.18. The van der Waals surface area contributed by atoms with Crippen LogP contribution in [-0.4, -0.2) is 25.7 Å². The molecule has 0 aromatic heterocycles. The van der Waals surface area contributed by atoms with Gasteiger partial charge in [-0.15, -0.1) is 0 Å². The molecule has 0 N–H and O–H groups in total. The van der Waals surface area contributed by atoms with E-state index in [0.29, 0.717) is 12.8 Å². The van der Waals surface area contributed by atoms with Gasteiger partial charge in [-0.2, -0.15) is 0 Å². The van der Waals surface area contributed by atoms with Crippen molar-refractivity contribution in [2.45, 2.75) is 30.9 Å². The highest BCUT2D eigenvalue weighted by atomic mass is 32.2. The standard InChI is InChI=1S/C7H12O3S/c1-11(9,10)7-4-2-3-6(8)5-7/h7H,2-5H2,1H3. The summed E-state index contributed by atoms with van der Waals surface area (Å²) in [5.41, 5.74) is 0. The van der Waals surface area contributed by atoms with E-state index in [9.17, 15) is 13.2 Å². The summed E-state index contributed by atoms with van der Waals surface area (Å²) in [6, 6.07) is 0.